The first-order chi connectivity index (χ1) is 50.0. The highest BCUT2D eigenvalue weighted by molar-refractivity contribution is 9.11. The van der Waals surface area contributed by atoms with Crippen LogP contribution in [0, 0.1) is 11.8 Å². The zero-order valence-corrected chi connectivity index (χ0v) is 69.4. The number of thiophene rings is 6. The zero-order valence-electron chi connectivity index (χ0n) is 61.4. The molecular weight excluding hydrogens is 1500 g/mol. The monoisotopic (exact) mass is 1610 g/mol. The van der Waals surface area contributed by atoms with E-state index in [1.54, 1.807) is 55.1 Å². The molecule has 4 amide bonds. The lowest BCUT2D eigenvalue weighted by Gasteiger charge is -2.33. The molecule has 0 fully saturated rings. The SMILES string of the molecule is CCCCCCCCCCCCC(CCCCCCCCCC)CN1C(=O)c2ccc3c4c(-c5cc6sc7cc(Br)sc7c6s5)cc5c6c(ccc(c7c(-c8cc9sc%10cc(Br)sc%10c9s8)cc(c2c37)C1=O)c64)C(=O)N(CC(CCCCCCCCCC)CCCCCCCCCCCC)C5=O. The summed E-state index contributed by atoms with van der Waals surface area (Å²) in [5, 5.41) is 7.08. The molecule has 544 valence electrons. The molecule has 0 saturated heterocycles. The number of amides is 4. The van der Waals surface area contributed by atoms with Gasteiger partial charge in [-0.15, -0.1) is 68.0 Å². The lowest BCUT2D eigenvalue weighted by molar-refractivity contribution is 0.0563. The minimum absolute atomic E-state index is 0.199. The maximum atomic E-state index is 16.1. The summed E-state index contributed by atoms with van der Waals surface area (Å²) in [6, 6.07) is 21.8. The minimum Gasteiger partial charge on any atom is -0.274 e. The molecule has 2 aliphatic rings. The number of carbonyl (C=O) groups is 4. The van der Waals surface area contributed by atoms with Crippen LogP contribution in [0.4, 0.5) is 0 Å². The molecule has 6 aromatic heterocycles. The Morgan fingerprint density at radius 1 is 0.284 bits per heavy atom. The van der Waals surface area contributed by atoms with Crippen molar-refractivity contribution in [2.75, 3.05) is 13.1 Å². The minimum atomic E-state index is -0.199. The summed E-state index contributed by atoms with van der Waals surface area (Å²) in [7, 11) is 0. The smallest absolute Gasteiger partial charge is 0.261 e. The van der Waals surface area contributed by atoms with E-state index in [9.17, 15) is 0 Å². The molecule has 0 radical (unpaired) electrons. The number of hydrogen-bond donors (Lipinski definition) is 0. The van der Waals surface area contributed by atoms with Gasteiger partial charge in [-0.05, 0) is 150 Å². The second-order valence-corrected chi connectivity index (χ2v) is 39.6. The van der Waals surface area contributed by atoms with Gasteiger partial charge in [0.05, 0.1) is 26.4 Å². The average Bonchev–Trinajstić information content (AvgIpc) is 0.689. The molecule has 6 nitrogen and oxygen atoms in total. The molecule has 2 atom stereocenters. The zero-order chi connectivity index (χ0) is 70.6. The predicted octanol–water partition coefficient (Wildman–Crippen LogP) is 31.7. The maximum Gasteiger partial charge on any atom is 0.261 e. The van der Waals surface area contributed by atoms with Crippen LogP contribution in [0.15, 0.2) is 68.2 Å². The Bertz CT molecular complexity index is 4400. The number of unbranched alkanes of at least 4 members (excludes halogenated alkanes) is 32. The van der Waals surface area contributed by atoms with Crippen molar-refractivity contribution in [3.05, 3.63) is 90.5 Å². The number of carbonyl (C=O) groups excluding carboxylic acids is 4. The second kappa shape index (κ2) is 36.7. The number of rotatable bonds is 46. The Balaban J connectivity index is 0.905. The average molecular weight is 1610 g/mol. The van der Waals surface area contributed by atoms with Crippen molar-refractivity contribution in [3.8, 4) is 20.9 Å². The third-order valence-electron chi connectivity index (χ3n) is 22.9. The van der Waals surface area contributed by atoms with Crippen LogP contribution in [0.1, 0.15) is 326 Å². The van der Waals surface area contributed by atoms with Crippen molar-refractivity contribution < 1.29 is 19.2 Å². The Labute approximate surface area is 648 Å². The fraction of sp³-hybridized carbons (Fsp3) is 0.545. The van der Waals surface area contributed by atoms with Gasteiger partial charge in [0, 0.05) is 85.8 Å². The fourth-order valence-electron chi connectivity index (χ4n) is 17.3. The Kier molecular flexibility index (Phi) is 27.3. The predicted molar refractivity (Wildman–Crippen MR) is 456 cm³/mol. The molecule has 0 saturated carbocycles. The number of halogens is 2. The van der Waals surface area contributed by atoms with E-state index >= 15 is 19.2 Å². The van der Waals surface area contributed by atoms with Gasteiger partial charge in [0.1, 0.15) is 0 Å². The molecular formula is C88H108Br2N2O4S6. The van der Waals surface area contributed by atoms with Crippen molar-refractivity contribution in [3.63, 3.8) is 0 Å². The summed E-state index contributed by atoms with van der Waals surface area (Å²) in [4.78, 5) is 69.3. The van der Waals surface area contributed by atoms with Crippen molar-refractivity contribution in [2.45, 2.75) is 285 Å². The number of imide groups is 2. The third-order valence-corrected chi connectivity index (χ3v) is 31.5. The number of nitrogens with zero attached hydrogens (tertiary/aromatic N) is 2. The molecule has 0 N–H and O–H groups in total. The van der Waals surface area contributed by atoms with E-state index in [4.69, 9.17) is 0 Å². The maximum absolute atomic E-state index is 16.1. The van der Waals surface area contributed by atoms with Crippen LogP contribution >= 0.6 is 99.9 Å². The molecule has 11 aromatic rings. The van der Waals surface area contributed by atoms with Crippen molar-refractivity contribution in [1.29, 1.82) is 0 Å². The molecule has 2 aliphatic heterocycles. The highest BCUT2D eigenvalue weighted by atomic mass is 79.9. The van der Waals surface area contributed by atoms with Gasteiger partial charge in [0.15, 0.2) is 0 Å². The Morgan fingerprint density at radius 3 is 0.873 bits per heavy atom. The van der Waals surface area contributed by atoms with Crippen LogP contribution in [-0.4, -0.2) is 46.5 Å². The van der Waals surface area contributed by atoms with Gasteiger partial charge in [-0.25, -0.2) is 0 Å². The summed E-state index contributed by atoms with van der Waals surface area (Å²) in [6.07, 6.45) is 49.6. The van der Waals surface area contributed by atoms with E-state index in [-0.39, 0.29) is 35.5 Å². The molecule has 5 aromatic carbocycles. The van der Waals surface area contributed by atoms with Gasteiger partial charge >= 0.3 is 0 Å². The molecule has 2 unspecified atom stereocenters. The quantitative estimate of drug-likeness (QED) is 0.0165. The van der Waals surface area contributed by atoms with E-state index in [0.717, 1.165) is 123 Å². The molecule has 13 rings (SSSR count). The van der Waals surface area contributed by atoms with E-state index in [1.165, 1.54) is 243 Å². The molecule has 0 bridgehead atoms. The first-order valence-electron chi connectivity index (χ1n) is 40.2. The van der Waals surface area contributed by atoms with Crippen LogP contribution < -0.4 is 0 Å². The first-order valence-corrected chi connectivity index (χ1v) is 46.7. The van der Waals surface area contributed by atoms with Crippen LogP contribution in [0.3, 0.4) is 0 Å². The largest absolute Gasteiger partial charge is 0.274 e. The highest BCUT2D eigenvalue weighted by Crippen LogP contribution is 2.56. The Morgan fingerprint density at radius 2 is 0.559 bits per heavy atom. The summed E-state index contributed by atoms with van der Waals surface area (Å²) in [6.45, 7) is 9.98. The molecule has 0 aliphatic carbocycles. The summed E-state index contributed by atoms with van der Waals surface area (Å²) < 4.78 is 12.1. The lowest BCUT2D eigenvalue weighted by Crippen LogP contribution is -2.43. The van der Waals surface area contributed by atoms with Crippen LogP contribution in [0.2, 0.25) is 0 Å². The molecule has 14 heteroatoms. The standard InChI is InChI=1S/C88H108Br2N2O4S6/c1-5-9-13-17-21-25-27-31-35-39-43-57(41-37-33-29-23-19-15-11-7-3)55-91-85(93)61-47-45-59-76-64(68-52-70-82(100-68)84-72(98-70)54-74(90)102-84)50-66-78-62(86(94)92(88(66)96)56-58(42-38-34-30-24-20-16-12-8-4)44-40-36-32-28-26-22-18-14-10-6-2)48-46-60(80(76)78)75-63(49-65(87(91)95)77(61)79(59)75)67-51-69-81(99-67)83-71(97-69)53-73(89)101-83/h45-54,57-58H,5-44,55-56H2,1-4H3. The summed E-state index contributed by atoms with van der Waals surface area (Å²) in [5.74, 6) is -0.360. The lowest BCUT2D eigenvalue weighted by atomic mass is 9.78. The van der Waals surface area contributed by atoms with Crippen LogP contribution in [-0.2, 0) is 0 Å². The normalized spacial score (nSPS) is 14.2. The second-order valence-electron chi connectivity index (χ2n) is 30.5. The van der Waals surface area contributed by atoms with Crippen molar-refractivity contribution in [1.82, 2.24) is 9.80 Å². The van der Waals surface area contributed by atoms with E-state index in [2.05, 4.69) is 108 Å². The van der Waals surface area contributed by atoms with Gasteiger partial charge < -0.3 is 0 Å². The van der Waals surface area contributed by atoms with Gasteiger partial charge in [0.2, 0.25) is 0 Å². The van der Waals surface area contributed by atoms with Crippen molar-refractivity contribution in [2.24, 2.45) is 11.8 Å². The topological polar surface area (TPSA) is 74.8 Å². The highest BCUT2D eigenvalue weighted by Gasteiger charge is 2.40. The third kappa shape index (κ3) is 16.9. The number of hydrogen-bond acceptors (Lipinski definition) is 10. The van der Waals surface area contributed by atoms with Gasteiger partial charge in [0.25, 0.3) is 23.6 Å². The van der Waals surface area contributed by atoms with Crippen molar-refractivity contribution >= 4 is 204 Å². The fourth-order valence-corrected chi connectivity index (χ4v) is 26.6. The van der Waals surface area contributed by atoms with Crippen LogP contribution in [0.25, 0.3) is 102 Å². The van der Waals surface area contributed by atoms with E-state index in [1.807, 2.05) is 34.8 Å². The number of benzene rings is 5. The number of fused-ring (bicyclic) bond motifs is 8. The first kappa shape index (κ1) is 76.1. The molecule has 102 heavy (non-hydrogen) atoms. The van der Waals surface area contributed by atoms with E-state index in [0.29, 0.717) is 35.3 Å². The van der Waals surface area contributed by atoms with Gasteiger partial charge in [-0.2, -0.15) is 0 Å². The molecule has 8 heterocycles. The Hall–Kier alpha value is -4.12. The van der Waals surface area contributed by atoms with E-state index < -0.39 is 0 Å². The van der Waals surface area contributed by atoms with Gasteiger partial charge in [-0.3, -0.25) is 29.0 Å². The van der Waals surface area contributed by atoms with Gasteiger partial charge in [-0.1, -0.05) is 271 Å². The van der Waals surface area contributed by atoms with Crippen LogP contribution in [0.5, 0.6) is 0 Å². The summed E-state index contributed by atoms with van der Waals surface area (Å²) in [5.41, 5.74) is 4.25. The summed E-state index contributed by atoms with van der Waals surface area (Å²) >= 11 is 18.4. The molecule has 0 spiro atoms.